The Morgan fingerprint density at radius 2 is 2.00 bits per heavy atom. The molecule has 2 amide bonds. The number of nitrogens with zero attached hydrogens (tertiary/aromatic N) is 1. The molecule has 20 heavy (non-hydrogen) atoms. The van der Waals surface area contributed by atoms with E-state index in [1.807, 2.05) is 30.3 Å². The molecule has 0 saturated heterocycles. The highest BCUT2D eigenvalue weighted by Crippen LogP contribution is 2.04. The molecule has 3 N–H and O–H groups in total. The zero-order valence-corrected chi connectivity index (χ0v) is 11.7. The Bertz CT molecular complexity index is 423. The minimum absolute atomic E-state index is 0.0490. The second-order valence-corrected chi connectivity index (χ2v) is 4.27. The summed E-state index contributed by atoms with van der Waals surface area (Å²) < 4.78 is 5.01. The molecular weight excluding hydrogens is 258 g/mol. The van der Waals surface area contributed by atoms with Crippen molar-refractivity contribution in [1.29, 1.82) is 0 Å². The predicted molar refractivity (Wildman–Crippen MR) is 75.8 cm³/mol. The van der Waals surface area contributed by atoms with Gasteiger partial charge in [0.15, 0.2) is 0 Å². The maximum absolute atomic E-state index is 12.1. The van der Waals surface area contributed by atoms with E-state index in [1.54, 1.807) is 12.0 Å². The Kier molecular flexibility index (Phi) is 7.31. The first-order valence-corrected chi connectivity index (χ1v) is 6.44. The molecule has 0 radical (unpaired) electrons. The molecule has 1 aromatic rings. The number of amides is 2. The fourth-order valence-corrected chi connectivity index (χ4v) is 1.66. The summed E-state index contributed by atoms with van der Waals surface area (Å²) in [6.45, 7) is 1.24. The zero-order chi connectivity index (χ0) is 14.8. The summed E-state index contributed by atoms with van der Waals surface area (Å²) in [6, 6.07) is 9.67. The largest absolute Gasteiger partial charge is 0.383 e. The Morgan fingerprint density at radius 1 is 1.30 bits per heavy atom. The van der Waals surface area contributed by atoms with Crippen LogP contribution in [0.25, 0.3) is 0 Å². The molecule has 0 heterocycles. The van der Waals surface area contributed by atoms with Gasteiger partial charge in [-0.15, -0.1) is 0 Å². The van der Waals surface area contributed by atoms with E-state index >= 15 is 0 Å². The molecule has 0 fully saturated rings. The van der Waals surface area contributed by atoms with Crippen molar-refractivity contribution >= 4 is 11.8 Å². The van der Waals surface area contributed by atoms with Gasteiger partial charge in [0, 0.05) is 20.2 Å². The van der Waals surface area contributed by atoms with E-state index < -0.39 is 0 Å². The average molecular weight is 279 g/mol. The average Bonchev–Trinajstić information content (AvgIpc) is 2.49. The van der Waals surface area contributed by atoms with Gasteiger partial charge in [-0.3, -0.25) is 9.59 Å². The zero-order valence-electron chi connectivity index (χ0n) is 11.7. The number of hydrogen-bond donors (Lipinski definition) is 2. The van der Waals surface area contributed by atoms with E-state index in [0.29, 0.717) is 19.7 Å². The summed E-state index contributed by atoms with van der Waals surface area (Å²) in [7, 11) is 1.58. The minimum Gasteiger partial charge on any atom is -0.383 e. The maximum Gasteiger partial charge on any atom is 0.242 e. The fourth-order valence-electron chi connectivity index (χ4n) is 1.66. The lowest BCUT2D eigenvalue weighted by atomic mass is 10.2. The van der Waals surface area contributed by atoms with E-state index in [0.717, 1.165) is 5.56 Å². The number of methoxy groups -OCH3 is 1. The number of carbonyl (C=O) groups excluding carboxylic acids is 2. The molecule has 0 saturated carbocycles. The van der Waals surface area contributed by atoms with E-state index in [-0.39, 0.29) is 24.9 Å². The Balaban J connectivity index is 2.58. The predicted octanol–water partition coefficient (Wildman–Crippen LogP) is -0.263. The summed E-state index contributed by atoms with van der Waals surface area (Å²) in [4.78, 5) is 24.8. The summed E-state index contributed by atoms with van der Waals surface area (Å²) in [5.41, 5.74) is 6.21. The van der Waals surface area contributed by atoms with Gasteiger partial charge in [-0.2, -0.15) is 0 Å². The third-order valence-corrected chi connectivity index (χ3v) is 2.76. The van der Waals surface area contributed by atoms with Crippen molar-refractivity contribution in [3.8, 4) is 0 Å². The number of ether oxygens (including phenoxy) is 1. The third-order valence-electron chi connectivity index (χ3n) is 2.76. The number of rotatable bonds is 8. The molecule has 1 rings (SSSR count). The highest BCUT2D eigenvalue weighted by atomic mass is 16.5. The van der Waals surface area contributed by atoms with Crippen LogP contribution >= 0.6 is 0 Å². The van der Waals surface area contributed by atoms with Crippen molar-refractivity contribution in [2.75, 3.05) is 33.4 Å². The fraction of sp³-hybridized carbons (Fsp3) is 0.429. The first-order chi connectivity index (χ1) is 9.67. The van der Waals surface area contributed by atoms with Crippen LogP contribution < -0.4 is 11.1 Å². The van der Waals surface area contributed by atoms with E-state index in [4.69, 9.17) is 10.5 Å². The molecule has 0 aromatic heterocycles. The van der Waals surface area contributed by atoms with Crippen LogP contribution in [-0.2, 0) is 20.9 Å². The van der Waals surface area contributed by atoms with Gasteiger partial charge in [0.25, 0.3) is 0 Å². The van der Waals surface area contributed by atoms with Crippen LogP contribution in [0.5, 0.6) is 0 Å². The van der Waals surface area contributed by atoms with Gasteiger partial charge in [0.2, 0.25) is 11.8 Å². The van der Waals surface area contributed by atoms with Gasteiger partial charge in [-0.05, 0) is 5.56 Å². The van der Waals surface area contributed by atoms with Crippen molar-refractivity contribution in [2.24, 2.45) is 5.73 Å². The molecule has 0 aliphatic heterocycles. The number of carbonyl (C=O) groups is 2. The van der Waals surface area contributed by atoms with E-state index in [2.05, 4.69) is 5.32 Å². The van der Waals surface area contributed by atoms with Gasteiger partial charge in [0.05, 0.1) is 19.7 Å². The quantitative estimate of drug-likeness (QED) is 0.686. The third kappa shape index (κ3) is 5.81. The number of nitrogens with one attached hydrogen (secondary N) is 1. The first kappa shape index (κ1) is 16.1. The van der Waals surface area contributed by atoms with Gasteiger partial charge in [-0.1, -0.05) is 30.3 Å². The summed E-state index contributed by atoms with van der Waals surface area (Å²) >= 11 is 0. The second-order valence-electron chi connectivity index (χ2n) is 4.27. The maximum atomic E-state index is 12.1. The number of hydrogen-bond acceptors (Lipinski definition) is 4. The lowest BCUT2D eigenvalue weighted by Gasteiger charge is -2.22. The van der Waals surface area contributed by atoms with Crippen molar-refractivity contribution in [1.82, 2.24) is 10.2 Å². The molecule has 6 heteroatoms. The molecule has 1 aromatic carbocycles. The summed E-state index contributed by atoms with van der Waals surface area (Å²) in [6.07, 6.45) is 0. The second kappa shape index (κ2) is 9.06. The van der Waals surface area contributed by atoms with Gasteiger partial charge in [-0.25, -0.2) is 0 Å². The molecule has 6 nitrogen and oxygen atoms in total. The van der Waals surface area contributed by atoms with E-state index in [1.165, 1.54) is 0 Å². The van der Waals surface area contributed by atoms with Crippen molar-refractivity contribution in [2.45, 2.75) is 6.54 Å². The number of benzene rings is 1. The monoisotopic (exact) mass is 279 g/mol. The molecule has 0 atom stereocenters. The van der Waals surface area contributed by atoms with Crippen molar-refractivity contribution in [3.63, 3.8) is 0 Å². The van der Waals surface area contributed by atoms with Gasteiger partial charge < -0.3 is 20.7 Å². The van der Waals surface area contributed by atoms with Crippen LogP contribution in [0, 0.1) is 0 Å². The van der Waals surface area contributed by atoms with Crippen LogP contribution in [0.2, 0.25) is 0 Å². The SMILES string of the molecule is COCCN(Cc1ccccc1)C(=O)CNC(=O)CN. The molecule has 0 unspecified atom stereocenters. The molecule has 110 valence electrons. The highest BCUT2D eigenvalue weighted by Gasteiger charge is 2.14. The Hall–Kier alpha value is -1.92. The molecule has 0 aliphatic rings. The molecule has 0 aliphatic carbocycles. The first-order valence-electron chi connectivity index (χ1n) is 6.44. The molecule has 0 bridgehead atoms. The summed E-state index contributed by atoms with van der Waals surface area (Å²) in [5, 5.41) is 2.48. The molecular formula is C14H21N3O3. The van der Waals surface area contributed by atoms with Crippen LogP contribution in [0.1, 0.15) is 5.56 Å². The Morgan fingerprint density at radius 3 is 2.60 bits per heavy atom. The smallest absolute Gasteiger partial charge is 0.242 e. The van der Waals surface area contributed by atoms with Crippen LogP contribution in [0.4, 0.5) is 0 Å². The van der Waals surface area contributed by atoms with Crippen LogP contribution in [0.15, 0.2) is 30.3 Å². The summed E-state index contributed by atoms with van der Waals surface area (Å²) in [5.74, 6) is -0.502. The van der Waals surface area contributed by atoms with Gasteiger partial charge >= 0.3 is 0 Å². The topological polar surface area (TPSA) is 84.7 Å². The van der Waals surface area contributed by atoms with Crippen LogP contribution in [-0.4, -0.2) is 50.1 Å². The van der Waals surface area contributed by atoms with E-state index in [9.17, 15) is 9.59 Å². The lowest BCUT2D eigenvalue weighted by molar-refractivity contribution is -0.133. The minimum atomic E-state index is -0.343. The Labute approximate surface area is 118 Å². The number of nitrogens with two attached hydrogens (primary N) is 1. The van der Waals surface area contributed by atoms with Gasteiger partial charge in [0.1, 0.15) is 0 Å². The van der Waals surface area contributed by atoms with Crippen molar-refractivity contribution < 1.29 is 14.3 Å². The van der Waals surface area contributed by atoms with Crippen molar-refractivity contribution in [3.05, 3.63) is 35.9 Å². The lowest BCUT2D eigenvalue weighted by Crippen LogP contribution is -2.42. The molecule has 0 spiro atoms. The normalized spacial score (nSPS) is 10.1. The highest BCUT2D eigenvalue weighted by molar-refractivity contribution is 5.85. The standard InChI is InChI=1S/C14H21N3O3/c1-20-8-7-17(11-12-5-3-2-4-6-12)14(19)10-16-13(18)9-15/h2-6H,7-11,15H2,1H3,(H,16,18). The van der Waals surface area contributed by atoms with Crippen LogP contribution in [0.3, 0.4) is 0 Å².